The standard InChI is InChI=1S/C23H32N4O/c1-17(2)20-8-5-9-21(18(3)4)22(20)25-23(28)27-13-11-26(12-14-27)16-19-7-6-10-24-15-19/h5-10,15,17-18H,11-14,16H2,1-4H3,(H,25,28). The molecular weight excluding hydrogens is 348 g/mol. The lowest BCUT2D eigenvalue weighted by Crippen LogP contribution is -2.49. The van der Waals surface area contributed by atoms with E-state index in [2.05, 4.69) is 67.2 Å². The van der Waals surface area contributed by atoms with Crippen molar-refractivity contribution in [2.24, 2.45) is 0 Å². The third kappa shape index (κ3) is 4.90. The fourth-order valence-electron chi connectivity index (χ4n) is 3.74. The number of nitrogens with one attached hydrogen (secondary N) is 1. The predicted molar refractivity (Wildman–Crippen MR) is 115 cm³/mol. The third-order valence-corrected chi connectivity index (χ3v) is 5.39. The Balaban J connectivity index is 1.63. The maximum atomic E-state index is 13.0. The van der Waals surface area contributed by atoms with E-state index >= 15 is 0 Å². The summed E-state index contributed by atoms with van der Waals surface area (Å²) < 4.78 is 0. The second kappa shape index (κ2) is 9.20. The molecule has 28 heavy (non-hydrogen) atoms. The van der Waals surface area contributed by atoms with E-state index in [9.17, 15) is 4.79 Å². The number of piperazine rings is 1. The Kier molecular flexibility index (Phi) is 6.68. The summed E-state index contributed by atoms with van der Waals surface area (Å²) in [5, 5.41) is 3.23. The highest BCUT2D eigenvalue weighted by Gasteiger charge is 2.23. The van der Waals surface area contributed by atoms with E-state index in [4.69, 9.17) is 0 Å². The number of pyridine rings is 1. The Bertz CT molecular complexity index is 754. The van der Waals surface area contributed by atoms with Crippen LogP contribution in [-0.4, -0.2) is 47.0 Å². The van der Waals surface area contributed by atoms with Crippen LogP contribution in [0.3, 0.4) is 0 Å². The van der Waals surface area contributed by atoms with Gasteiger partial charge in [0.1, 0.15) is 0 Å². The van der Waals surface area contributed by atoms with Crippen LogP contribution in [0, 0.1) is 0 Å². The molecule has 3 rings (SSSR count). The number of carbonyl (C=O) groups is 1. The van der Waals surface area contributed by atoms with E-state index in [1.165, 1.54) is 16.7 Å². The molecule has 1 aliphatic heterocycles. The third-order valence-electron chi connectivity index (χ3n) is 5.39. The molecule has 0 aliphatic carbocycles. The minimum absolute atomic E-state index is 0.0102. The molecule has 1 aliphatic rings. The van der Waals surface area contributed by atoms with Gasteiger partial charge in [-0.25, -0.2) is 4.79 Å². The van der Waals surface area contributed by atoms with E-state index in [0.29, 0.717) is 11.8 Å². The summed E-state index contributed by atoms with van der Waals surface area (Å²) in [6.45, 7) is 12.8. The number of rotatable bonds is 5. The zero-order chi connectivity index (χ0) is 20.1. The van der Waals surface area contributed by atoms with Gasteiger partial charge in [-0.2, -0.15) is 0 Å². The molecule has 0 saturated carbocycles. The maximum absolute atomic E-state index is 13.0. The highest BCUT2D eigenvalue weighted by Crippen LogP contribution is 2.32. The first-order valence-electron chi connectivity index (χ1n) is 10.3. The minimum Gasteiger partial charge on any atom is -0.322 e. The predicted octanol–water partition coefficient (Wildman–Crippen LogP) is 4.68. The molecule has 1 aromatic heterocycles. The summed E-state index contributed by atoms with van der Waals surface area (Å²) in [6, 6.07) is 10.4. The van der Waals surface area contributed by atoms with Gasteiger partial charge in [0.15, 0.2) is 0 Å². The van der Waals surface area contributed by atoms with Gasteiger partial charge in [-0.15, -0.1) is 0 Å². The van der Waals surface area contributed by atoms with E-state index < -0.39 is 0 Å². The van der Waals surface area contributed by atoms with E-state index in [1.807, 2.05) is 17.2 Å². The number of carbonyl (C=O) groups excluding carboxylic acids is 1. The molecular formula is C23H32N4O. The summed E-state index contributed by atoms with van der Waals surface area (Å²) >= 11 is 0. The highest BCUT2D eigenvalue weighted by molar-refractivity contribution is 5.91. The highest BCUT2D eigenvalue weighted by atomic mass is 16.2. The molecule has 1 aromatic carbocycles. The topological polar surface area (TPSA) is 48.5 Å². The number of amides is 2. The molecule has 1 saturated heterocycles. The van der Waals surface area contributed by atoms with Crippen LogP contribution in [0.25, 0.3) is 0 Å². The number of hydrogen-bond donors (Lipinski definition) is 1. The summed E-state index contributed by atoms with van der Waals surface area (Å²) in [5.41, 5.74) is 4.62. The number of urea groups is 1. The smallest absolute Gasteiger partial charge is 0.321 e. The van der Waals surface area contributed by atoms with Gasteiger partial charge < -0.3 is 10.2 Å². The molecule has 2 aromatic rings. The molecule has 0 atom stereocenters. The molecule has 2 heterocycles. The van der Waals surface area contributed by atoms with Gasteiger partial charge in [0.05, 0.1) is 0 Å². The average Bonchev–Trinajstić information content (AvgIpc) is 2.69. The Morgan fingerprint density at radius 1 is 1.00 bits per heavy atom. The number of nitrogens with zero attached hydrogens (tertiary/aromatic N) is 3. The van der Waals surface area contributed by atoms with Crippen molar-refractivity contribution in [1.82, 2.24) is 14.8 Å². The van der Waals surface area contributed by atoms with Gasteiger partial charge in [-0.1, -0.05) is 52.0 Å². The van der Waals surface area contributed by atoms with E-state index in [0.717, 1.165) is 38.4 Å². The van der Waals surface area contributed by atoms with Crippen LogP contribution in [0.5, 0.6) is 0 Å². The lowest BCUT2D eigenvalue weighted by molar-refractivity contribution is 0.143. The Hall–Kier alpha value is -2.40. The molecule has 1 fully saturated rings. The van der Waals surface area contributed by atoms with Crippen molar-refractivity contribution in [3.63, 3.8) is 0 Å². The second-order valence-corrected chi connectivity index (χ2v) is 8.18. The number of benzene rings is 1. The summed E-state index contributed by atoms with van der Waals surface area (Å²) in [6.07, 6.45) is 3.71. The van der Waals surface area contributed by atoms with Crippen molar-refractivity contribution in [1.29, 1.82) is 0 Å². The summed E-state index contributed by atoms with van der Waals surface area (Å²) in [4.78, 5) is 21.5. The summed E-state index contributed by atoms with van der Waals surface area (Å²) in [5.74, 6) is 0.732. The molecule has 5 heteroatoms. The molecule has 2 amide bonds. The van der Waals surface area contributed by atoms with Crippen LogP contribution in [0.15, 0.2) is 42.7 Å². The fraction of sp³-hybridized carbons (Fsp3) is 0.478. The average molecular weight is 381 g/mol. The minimum atomic E-state index is 0.0102. The van der Waals surface area contributed by atoms with Gasteiger partial charge in [0.25, 0.3) is 0 Å². The lowest BCUT2D eigenvalue weighted by atomic mass is 9.93. The Morgan fingerprint density at radius 3 is 2.18 bits per heavy atom. The summed E-state index contributed by atoms with van der Waals surface area (Å²) in [7, 11) is 0. The van der Waals surface area contributed by atoms with Gasteiger partial charge in [-0.05, 0) is 34.6 Å². The lowest BCUT2D eigenvalue weighted by Gasteiger charge is -2.35. The SMILES string of the molecule is CC(C)c1cccc(C(C)C)c1NC(=O)N1CCN(Cc2cccnc2)CC1. The zero-order valence-corrected chi connectivity index (χ0v) is 17.5. The monoisotopic (exact) mass is 380 g/mol. The molecule has 0 spiro atoms. The van der Waals surface area contributed by atoms with Gasteiger partial charge in [-0.3, -0.25) is 9.88 Å². The first kappa shape index (κ1) is 20.3. The van der Waals surface area contributed by atoms with Crippen molar-refractivity contribution in [2.45, 2.75) is 46.1 Å². The van der Waals surface area contributed by atoms with E-state index in [1.54, 1.807) is 6.20 Å². The van der Waals surface area contributed by atoms with E-state index in [-0.39, 0.29) is 6.03 Å². The van der Waals surface area contributed by atoms with Gasteiger partial charge in [0, 0.05) is 50.8 Å². The Labute approximate surface area is 168 Å². The van der Waals surface area contributed by atoms with Crippen LogP contribution >= 0.6 is 0 Å². The van der Waals surface area contributed by atoms with Crippen molar-refractivity contribution < 1.29 is 4.79 Å². The Morgan fingerprint density at radius 2 is 1.64 bits per heavy atom. The molecule has 0 radical (unpaired) electrons. The second-order valence-electron chi connectivity index (χ2n) is 8.18. The number of para-hydroxylation sites is 1. The van der Waals surface area contributed by atoms with Crippen molar-refractivity contribution in [3.8, 4) is 0 Å². The van der Waals surface area contributed by atoms with Crippen LogP contribution in [0.2, 0.25) is 0 Å². The number of anilines is 1. The molecule has 5 nitrogen and oxygen atoms in total. The fourth-order valence-corrected chi connectivity index (χ4v) is 3.74. The van der Waals surface area contributed by atoms with Crippen LogP contribution in [0.1, 0.15) is 56.2 Å². The zero-order valence-electron chi connectivity index (χ0n) is 17.5. The van der Waals surface area contributed by atoms with Crippen molar-refractivity contribution in [3.05, 3.63) is 59.4 Å². The van der Waals surface area contributed by atoms with Crippen LogP contribution in [0.4, 0.5) is 10.5 Å². The number of hydrogen-bond acceptors (Lipinski definition) is 3. The number of aromatic nitrogens is 1. The van der Waals surface area contributed by atoms with Crippen molar-refractivity contribution in [2.75, 3.05) is 31.5 Å². The van der Waals surface area contributed by atoms with Gasteiger partial charge in [0.2, 0.25) is 0 Å². The normalized spacial score (nSPS) is 15.3. The molecule has 0 unspecified atom stereocenters. The molecule has 0 bridgehead atoms. The maximum Gasteiger partial charge on any atom is 0.321 e. The van der Waals surface area contributed by atoms with Crippen LogP contribution in [-0.2, 0) is 6.54 Å². The van der Waals surface area contributed by atoms with Crippen LogP contribution < -0.4 is 5.32 Å². The quantitative estimate of drug-likeness (QED) is 0.819. The molecule has 1 N–H and O–H groups in total. The van der Waals surface area contributed by atoms with Gasteiger partial charge >= 0.3 is 6.03 Å². The first-order valence-corrected chi connectivity index (χ1v) is 10.3. The largest absolute Gasteiger partial charge is 0.322 e. The first-order chi connectivity index (χ1) is 13.5. The van der Waals surface area contributed by atoms with Crippen molar-refractivity contribution >= 4 is 11.7 Å². The molecule has 150 valence electrons.